The van der Waals surface area contributed by atoms with E-state index in [4.69, 9.17) is 25.3 Å². The Morgan fingerprint density at radius 2 is 1.86 bits per heavy atom. The molecule has 190 valence electrons. The summed E-state index contributed by atoms with van der Waals surface area (Å²) in [5.41, 5.74) is 0.972. The highest BCUT2D eigenvalue weighted by Crippen LogP contribution is 2.32. The van der Waals surface area contributed by atoms with E-state index in [1.807, 2.05) is 0 Å². The molecule has 1 aliphatic heterocycles. The second-order valence-corrected chi connectivity index (χ2v) is 10.2. The Kier molecular flexibility index (Phi) is 8.13. The molecule has 36 heavy (non-hydrogen) atoms. The summed E-state index contributed by atoms with van der Waals surface area (Å²) >= 11 is 6.28. The van der Waals surface area contributed by atoms with Crippen LogP contribution in [0.3, 0.4) is 0 Å². The van der Waals surface area contributed by atoms with Crippen LogP contribution in [0.2, 0.25) is 5.02 Å². The van der Waals surface area contributed by atoms with Crippen molar-refractivity contribution in [1.82, 2.24) is 4.90 Å². The Bertz CT molecular complexity index is 1330. The zero-order chi connectivity index (χ0) is 25.7. The van der Waals surface area contributed by atoms with Gasteiger partial charge in [0.25, 0.3) is 5.91 Å². The van der Waals surface area contributed by atoms with Crippen molar-refractivity contribution in [3.8, 4) is 11.5 Å². The Hall–Kier alpha value is -3.14. The van der Waals surface area contributed by atoms with Crippen molar-refractivity contribution >= 4 is 27.6 Å². The topological polar surface area (TPSA) is 82.1 Å². The van der Waals surface area contributed by atoms with E-state index in [-0.39, 0.29) is 35.0 Å². The van der Waals surface area contributed by atoms with Gasteiger partial charge in [-0.15, -0.1) is 0 Å². The molecule has 0 aromatic heterocycles. The van der Waals surface area contributed by atoms with Gasteiger partial charge in [-0.05, 0) is 66.9 Å². The van der Waals surface area contributed by atoms with Gasteiger partial charge in [0.15, 0.2) is 11.5 Å². The Labute approximate surface area is 214 Å². The number of halogens is 2. The maximum absolute atomic E-state index is 13.4. The van der Waals surface area contributed by atoms with E-state index >= 15 is 0 Å². The molecule has 1 aliphatic rings. The van der Waals surface area contributed by atoms with Gasteiger partial charge in [-0.3, -0.25) is 4.79 Å². The first-order valence-corrected chi connectivity index (χ1v) is 13.1. The summed E-state index contributed by atoms with van der Waals surface area (Å²) in [5, 5.41) is 0.337. The van der Waals surface area contributed by atoms with Crippen LogP contribution in [0.4, 0.5) is 4.39 Å². The van der Waals surface area contributed by atoms with Crippen LogP contribution < -0.4 is 8.92 Å². The summed E-state index contributed by atoms with van der Waals surface area (Å²) in [4.78, 5) is 14.8. The van der Waals surface area contributed by atoms with E-state index < -0.39 is 15.9 Å². The van der Waals surface area contributed by atoms with Crippen LogP contribution in [0.5, 0.6) is 11.5 Å². The number of amides is 1. The lowest BCUT2D eigenvalue weighted by atomic mass is 10.1. The fourth-order valence-electron chi connectivity index (χ4n) is 3.93. The predicted molar refractivity (Wildman–Crippen MR) is 132 cm³/mol. The summed E-state index contributed by atoms with van der Waals surface area (Å²) in [6.07, 6.45) is 1.64. The number of ether oxygens (including phenoxy) is 2. The molecular formula is C26H25ClFNO6S. The molecule has 0 spiro atoms. The van der Waals surface area contributed by atoms with E-state index in [2.05, 4.69) is 0 Å². The number of nitrogens with zero attached hydrogens (tertiary/aromatic N) is 1. The van der Waals surface area contributed by atoms with E-state index in [1.165, 1.54) is 13.2 Å². The Morgan fingerprint density at radius 1 is 1.11 bits per heavy atom. The van der Waals surface area contributed by atoms with Crippen molar-refractivity contribution in [2.24, 2.45) is 0 Å². The smallest absolute Gasteiger partial charge is 0.339 e. The third-order valence-electron chi connectivity index (χ3n) is 5.74. The fourth-order valence-corrected chi connectivity index (χ4v) is 5.08. The highest BCUT2D eigenvalue weighted by molar-refractivity contribution is 7.87. The van der Waals surface area contributed by atoms with Gasteiger partial charge in [0.05, 0.1) is 23.8 Å². The summed E-state index contributed by atoms with van der Waals surface area (Å²) < 4.78 is 55.2. The van der Waals surface area contributed by atoms with Crippen LogP contribution in [0.25, 0.3) is 0 Å². The molecule has 1 amide bonds. The van der Waals surface area contributed by atoms with Gasteiger partial charge in [0.2, 0.25) is 0 Å². The molecule has 10 heteroatoms. The molecule has 1 atom stereocenters. The van der Waals surface area contributed by atoms with Crippen LogP contribution in [-0.2, 0) is 21.4 Å². The molecule has 1 fully saturated rings. The summed E-state index contributed by atoms with van der Waals surface area (Å²) in [6.45, 7) is 1.14. The van der Waals surface area contributed by atoms with Crippen LogP contribution in [-0.4, -0.2) is 45.6 Å². The molecule has 1 heterocycles. The molecule has 0 bridgehead atoms. The van der Waals surface area contributed by atoms with Crippen LogP contribution >= 0.6 is 11.6 Å². The SMILES string of the molecule is COc1ccc(CN(CC2CCCO2)C(=O)c2ccccc2Cl)cc1OS(=O)(=O)c1ccc(F)cc1. The third-order valence-corrected chi connectivity index (χ3v) is 7.32. The molecule has 3 aromatic rings. The standard InChI is InChI=1S/C26H25ClFNO6S/c1-33-24-13-8-18(15-25(24)35-36(31,32)21-11-9-19(28)10-12-21)16-29(17-20-5-4-14-34-20)26(30)22-6-2-3-7-23(22)27/h2-3,6-13,15,20H,4-5,14,16-17H2,1H3. The number of hydrogen-bond acceptors (Lipinski definition) is 6. The maximum Gasteiger partial charge on any atom is 0.339 e. The predicted octanol–water partition coefficient (Wildman–Crippen LogP) is 5.08. The van der Waals surface area contributed by atoms with Crippen LogP contribution in [0, 0.1) is 5.82 Å². The average Bonchev–Trinajstić information content (AvgIpc) is 3.37. The molecular weight excluding hydrogens is 509 g/mol. The second kappa shape index (κ2) is 11.3. The molecule has 4 rings (SSSR count). The summed E-state index contributed by atoms with van der Waals surface area (Å²) in [7, 11) is -2.87. The van der Waals surface area contributed by atoms with Gasteiger partial charge in [-0.1, -0.05) is 29.8 Å². The first kappa shape index (κ1) is 25.9. The number of methoxy groups -OCH3 is 1. The normalized spacial score (nSPS) is 15.5. The minimum atomic E-state index is -4.26. The Morgan fingerprint density at radius 3 is 2.53 bits per heavy atom. The number of rotatable bonds is 9. The number of carbonyl (C=O) groups excluding carboxylic acids is 1. The van der Waals surface area contributed by atoms with E-state index in [0.717, 1.165) is 37.1 Å². The number of carbonyl (C=O) groups is 1. The first-order valence-electron chi connectivity index (χ1n) is 11.3. The lowest BCUT2D eigenvalue weighted by Gasteiger charge is -2.26. The minimum Gasteiger partial charge on any atom is -0.493 e. The zero-order valence-electron chi connectivity index (χ0n) is 19.5. The van der Waals surface area contributed by atoms with Gasteiger partial charge in [0, 0.05) is 19.7 Å². The highest BCUT2D eigenvalue weighted by Gasteiger charge is 2.26. The van der Waals surface area contributed by atoms with Crippen molar-refractivity contribution < 1.29 is 31.3 Å². The minimum absolute atomic E-state index is 0.0541. The van der Waals surface area contributed by atoms with Crippen molar-refractivity contribution in [2.45, 2.75) is 30.4 Å². The lowest BCUT2D eigenvalue weighted by molar-refractivity contribution is 0.0507. The van der Waals surface area contributed by atoms with Gasteiger partial charge in [-0.25, -0.2) is 4.39 Å². The van der Waals surface area contributed by atoms with E-state index in [9.17, 15) is 17.6 Å². The summed E-state index contributed by atoms with van der Waals surface area (Å²) in [6, 6.07) is 15.9. The second-order valence-electron chi connectivity index (χ2n) is 8.28. The van der Waals surface area contributed by atoms with Crippen molar-refractivity contribution in [1.29, 1.82) is 0 Å². The molecule has 1 saturated heterocycles. The monoisotopic (exact) mass is 533 g/mol. The lowest BCUT2D eigenvalue weighted by Crippen LogP contribution is -2.37. The molecule has 0 radical (unpaired) electrons. The van der Waals surface area contributed by atoms with Crippen molar-refractivity contribution in [2.75, 3.05) is 20.3 Å². The van der Waals surface area contributed by atoms with Crippen LogP contribution in [0.15, 0.2) is 71.6 Å². The molecule has 0 aliphatic carbocycles. The molecule has 3 aromatic carbocycles. The van der Waals surface area contributed by atoms with E-state index in [1.54, 1.807) is 41.3 Å². The van der Waals surface area contributed by atoms with Crippen molar-refractivity contribution in [3.63, 3.8) is 0 Å². The summed E-state index contributed by atoms with van der Waals surface area (Å²) in [5.74, 6) is -0.703. The maximum atomic E-state index is 13.4. The van der Waals surface area contributed by atoms with Crippen molar-refractivity contribution in [3.05, 3.63) is 88.7 Å². The Balaban J connectivity index is 1.62. The van der Waals surface area contributed by atoms with Gasteiger partial charge in [-0.2, -0.15) is 8.42 Å². The van der Waals surface area contributed by atoms with Gasteiger partial charge in [0.1, 0.15) is 10.7 Å². The molecule has 7 nitrogen and oxygen atoms in total. The first-order chi connectivity index (χ1) is 17.3. The quantitative estimate of drug-likeness (QED) is 0.357. The largest absolute Gasteiger partial charge is 0.493 e. The molecule has 1 unspecified atom stereocenters. The van der Waals surface area contributed by atoms with Crippen LogP contribution in [0.1, 0.15) is 28.8 Å². The third kappa shape index (κ3) is 6.16. The number of benzene rings is 3. The van der Waals surface area contributed by atoms with E-state index in [0.29, 0.717) is 29.3 Å². The molecule has 0 N–H and O–H groups in total. The molecule has 0 saturated carbocycles. The number of hydrogen-bond donors (Lipinski definition) is 0. The van der Waals surface area contributed by atoms with Gasteiger partial charge < -0.3 is 18.6 Å². The highest BCUT2D eigenvalue weighted by atomic mass is 35.5. The zero-order valence-corrected chi connectivity index (χ0v) is 21.1. The fraction of sp³-hybridized carbons (Fsp3) is 0.269. The van der Waals surface area contributed by atoms with Gasteiger partial charge >= 0.3 is 10.1 Å². The average molecular weight is 534 g/mol.